The van der Waals surface area contributed by atoms with E-state index >= 15 is 0 Å². The van der Waals surface area contributed by atoms with Gasteiger partial charge in [0.1, 0.15) is 5.69 Å². The standard InChI is InChI=1S/C21H28N6O/c1-3-4-14-5-7-15(8-6-14)19-16-12-27(10-9-17(16)25-26-19)20(28)18-11-13(2)23-21(22)24-18/h5-8,11,16-17,19,25-26H,3-4,9-10,12H2,1-2H3,(H2,22,23,24). The second-order valence-corrected chi connectivity index (χ2v) is 7.82. The molecule has 2 aromatic rings. The Labute approximate surface area is 165 Å². The van der Waals surface area contributed by atoms with Gasteiger partial charge in [-0.2, -0.15) is 0 Å². The lowest BCUT2D eigenvalue weighted by atomic mass is 9.84. The molecule has 1 amide bonds. The summed E-state index contributed by atoms with van der Waals surface area (Å²) in [6, 6.07) is 11.1. The third kappa shape index (κ3) is 3.72. The molecule has 3 heterocycles. The molecule has 1 aromatic heterocycles. The van der Waals surface area contributed by atoms with Gasteiger partial charge in [-0.3, -0.25) is 10.2 Å². The zero-order valence-corrected chi connectivity index (χ0v) is 16.5. The topological polar surface area (TPSA) is 96.2 Å². The van der Waals surface area contributed by atoms with Crippen LogP contribution in [0.4, 0.5) is 5.95 Å². The van der Waals surface area contributed by atoms with Crippen LogP contribution in [0.15, 0.2) is 30.3 Å². The van der Waals surface area contributed by atoms with Crippen LogP contribution >= 0.6 is 0 Å². The summed E-state index contributed by atoms with van der Waals surface area (Å²) in [5.74, 6) is 0.391. The molecule has 4 rings (SSSR count). The van der Waals surface area contributed by atoms with Crippen LogP contribution in [0.25, 0.3) is 0 Å². The minimum atomic E-state index is -0.0698. The van der Waals surface area contributed by atoms with Crippen molar-refractivity contribution in [1.29, 1.82) is 0 Å². The van der Waals surface area contributed by atoms with Crippen LogP contribution in [0.5, 0.6) is 0 Å². The lowest BCUT2D eigenvalue weighted by Gasteiger charge is -2.36. The van der Waals surface area contributed by atoms with Crippen molar-refractivity contribution in [1.82, 2.24) is 25.7 Å². The Morgan fingerprint density at radius 1 is 1.25 bits per heavy atom. The molecule has 0 spiro atoms. The summed E-state index contributed by atoms with van der Waals surface area (Å²) in [5, 5.41) is 0. The Morgan fingerprint density at radius 3 is 2.75 bits per heavy atom. The summed E-state index contributed by atoms with van der Waals surface area (Å²) in [6.45, 7) is 5.42. The molecule has 2 aliphatic rings. The number of carbonyl (C=O) groups excluding carboxylic acids is 1. The van der Waals surface area contributed by atoms with E-state index in [4.69, 9.17) is 5.73 Å². The van der Waals surface area contributed by atoms with Gasteiger partial charge in [0, 0.05) is 30.7 Å². The fourth-order valence-electron chi connectivity index (χ4n) is 4.36. The van der Waals surface area contributed by atoms with E-state index in [0.717, 1.165) is 19.3 Å². The average Bonchev–Trinajstić information content (AvgIpc) is 3.11. The van der Waals surface area contributed by atoms with E-state index in [-0.39, 0.29) is 17.9 Å². The molecule has 28 heavy (non-hydrogen) atoms. The van der Waals surface area contributed by atoms with E-state index in [1.807, 2.05) is 11.8 Å². The average molecular weight is 380 g/mol. The zero-order valence-electron chi connectivity index (χ0n) is 16.5. The molecular weight excluding hydrogens is 352 g/mol. The van der Waals surface area contributed by atoms with Crippen molar-refractivity contribution in [3.63, 3.8) is 0 Å². The first-order valence-corrected chi connectivity index (χ1v) is 10.1. The number of nitrogens with zero attached hydrogens (tertiary/aromatic N) is 3. The molecule has 3 atom stereocenters. The number of carbonyl (C=O) groups is 1. The van der Waals surface area contributed by atoms with Gasteiger partial charge >= 0.3 is 0 Å². The molecule has 2 saturated heterocycles. The number of nitrogens with two attached hydrogens (primary N) is 1. The second kappa shape index (κ2) is 7.85. The highest BCUT2D eigenvalue weighted by molar-refractivity contribution is 5.92. The molecule has 0 bridgehead atoms. The van der Waals surface area contributed by atoms with E-state index in [2.05, 4.69) is 52.0 Å². The minimum absolute atomic E-state index is 0.0698. The summed E-state index contributed by atoms with van der Waals surface area (Å²) < 4.78 is 0. The Kier molecular flexibility index (Phi) is 5.28. The maximum absolute atomic E-state index is 13.0. The highest BCUT2D eigenvalue weighted by Gasteiger charge is 2.41. The molecule has 0 saturated carbocycles. The van der Waals surface area contributed by atoms with E-state index < -0.39 is 0 Å². The highest BCUT2D eigenvalue weighted by atomic mass is 16.2. The predicted octanol–water partition coefficient (Wildman–Crippen LogP) is 2.00. The van der Waals surface area contributed by atoms with Gasteiger partial charge in [0.15, 0.2) is 0 Å². The quantitative estimate of drug-likeness (QED) is 0.751. The van der Waals surface area contributed by atoms with Gasteiger partial charge in [0.2, 0.25) is 5.95 Å². The summed E-state index contributed by atoms with van der Waals surface area (Å²) in [6.07, 6.45) is 3.16. The molecule has 2 fully saturated rings. The van der Waals surface area contributed by atoms with E-state index in [1.54, 1.807) is 6.07 Å². The van der Waals surface area contributed by atoms with Gasteiger partial charge in [-0.25, -0.2) is 15.4 Å². The molecule has 0 aliphatic carbocycles. The van der Waals surface area contributed by atoms with Crippen molar-refractivity contribution in [2.24, 2.45) is 5.92 Å². The van der Waals surface area contributed by atoms with Crippen LogP contribution in [0.3, 0.4) is 0 Å². The second-order valence-electron chi connectivity index (χ2n) is 7.82. The molecule has 7 heteroatoms. The molecule has 4 N–H and O–H groups in total. The Hall–Kier alpha value is -2.51. The van der Waals surface area contributed by atoms with Crippen LogP contribution in [0.1, 0.15) is 53.1 Å². The van der Waals surface area contributed by atoms with Crippen LogP contribution in [-0.4, -0.2) is 39.9 Å². The van der Waals surface area contributed by atoms with Crippen LogP contribution in [0.2, 0.25) is 0 Å². The fraction of sp³-hybridized carbons (Fsp3) is 0.476. The van der Waals surface area contributed by atoms with Gasteiger partial charge in [0.25, 0.3) is 5.91 Å². The number of anilines is 1. The molecule has 7 nitrogen and oxygen atoms in total. The third-order valence-electron chi connectivity index (χ3n) is 5.77. The van der Waals surface area contributed by atoms with Gasteiger partial charge in [-0.15, -0.1) is 0 Å². The van der Waals surface area contributed by atoms with Crippen molar-refractivity contribution in [2.75, 3.05) is 18.8 Å². The van der Waals surface area contributed by atoms with E-state index in [1.165, 1.54) is 11.1 Å². The number of nitrogen functional groups attached to an aromatic ring is 1. The number of piperidine rings is 1. The number of amides is 1. The normalized spacial score (nSPS) is 24.2. The van der Waals surface area contributed by atoms with Crippen molar-refractivity contribution < 1.29 is 4.79 Å². The molecule has 1 aromatic carbocycles. The monoisotopic (exact) mass is 380 g/mol. The minimum Gasteiger partial charge on any atom is -0.368 e. The third-order valence-corrected chi connectivity index (χ3v) is 5.77. The zero-order chi connectivity index (χ0) is 19.7. The summed E-state index contributed by atoms with van der Waals surface area (Å²) >= 11 is 0. The van der Waals surface area contributed by atoms with Crippen molar-refractivity contribution >= 4 is 11.9 Å². The number of hydrogen-bond acceptors (Lipinski definition) is 6. The highest BCUT2D eigenvalue weighted by Crippen LogP contribution is 2.34. The number of fused-ring (bicyclic) bond motifs is 1. The van der Waals surface area contributed by atoms with E-state index in [9.17, 15) is 4.79 Å². The van der Waals surface area contributed by atoms with E-state index in [0.29, 0.717) is 36.4 Å². The van der Waals surface area contributed by atoms with Gasteiger partial charge < -0.3 is 10.6 Å². The summed E-state index contributed by atoms with van der Waals surface area (Å²) in [5.41, 5.74) is 16.3. The van der Waals surface area contributed by atoms with Crippen LogP contribution in [0, 0.1) is 12.8 Å². The number of aromatic nitrogens is 2. The Bertz CT molecular complexity index is 832. The number of aryl methyl sites for hydroxylation is 2. The maximum atomic E-state index is 13.0. The molecule has 2 aliphatic heterocycles. The van der Waals surface area contributed by atoms with Crippen LogP contribution in [-0.2, 0) is 6.42 Å². The molecule has 3 unspecified atom stereocenters. The molecular formula is C21H28N6O. The SMILES string of the molecule is CCCc1ccc(C2NNC3CCN(C(=O)c4cc(C)nc(N)n4)CC32)cc1. The number of likely N-dealkylation sites (tertiary alicyclic amines) is 1. The summed E-state index contributed by atoms with van der Waals surface area (Å²) in [7, 11) is 0. The smallest absolute Gasteiger partial charge is 0.272 e. The van der Waals surface area contributed by atoms with Gasteiger partial charge in [-0.05, 0) is 37.0 Å². The van der Waals surface area contributed by atoms with Crippen molar-refractivity contribution in [3.05, 3.63) is 52.8 Å². The number of benzene rings is 1. The Morgan fingerprint density at radius 2 is 2.04 bits per heavy atom. The number of nitrogens with one attached hydrogen (secondary N) is 2. The lowest BCUT2D eigenvalue weighted by molar-refractivity contribution is 0.0646. The number of hydrazine groups is 1. The molecule has 148 valence electrons. The van der Waals surface area contributed by atoms with Crippen LogP contribution < -0.4 is 16.6 Å². The van der Waals surface area contributed by atoms with Gasteiger partial charge in [0.05, 0.1) is 6.04 Å². The summed E-state index contributed by atoms with van der Waals surface area (Å²) in [4.78, 5) is 23.1. The lowest BCUT2D eigenvalue weighted by Crippen LogP contribution is -2.48. The first kappa shape index (κ1) is 18.8. The Balaban J connectivity index is 1.50. The largest absolute Gasteiger partial charge is 0.368 e. The first-order chi connectivity index (χ1) is 13.5. The predicted molar refractivity (Wildman–Crippen MR) is 108 cm³/mol. The van der Waals surface area contributed by atoms with Gasteiger partial charge in [-0.1, -0.05) is 37.6 Å². The van der Waals surface area contributed by atoms with Crippen molar-refractivity contribution in [2.45, 2.75) is 45.2 Å². The number of hydrogen-bond donors (Lipinski definition) is 3. The fourth-order valence-corrected chi connectivity index (χ4v) is 4.36. The maximum Gasteiger partial charge on any atom is 0.272 e. The first-order valence-electron chi connectivity index (χ1n) is 10.1. The molecule has 0 radical (unpaired) electrons. The number of rotatable bonds is 4. The van der Waals surface area contributed by atoms with Crippen molar-refractivity contribution in [3.8, 4) is 0 Å².